The van der Waals surface area contributed by atoms with E-state index in [0.29, 0.717) is 5.90 Å². The number of cyclic esters (lactones) is 1. The third kappa shape index (κ3) is 2.35. The van der Waals surface area contributed by atoms with Crippen molar-refractivity contribution >= 4 is 17.9 Å². The topological polar surface area (TPSA) is 38.7 Å². The summed E-state index contributed by atoms with van der Waals surface area (Å²) < 4.78 is 5.41. The number of aliphatic imine (C=N–C) groups is 1. The highest BCUT2D eigenvalue weighted by molar-refractivity contribution is 6.08. The molecule has 0 saturated carbocycles. The van der Waals surface area contributed by atoms with Crippen molar-refractivity contribution in [3.8, 4) is 0 Å². The molecule has 0 N–H and O–H groups in total. The molecule has 3 nitrogen and oxygen atoms in total. The molecule has 3 rings (SSSR count). The van der Waals surface area contributed by atoms with Crippen LogP contribution in [0.25, 0.3) is 6.08 Å². The number of esters is 1. The molecule has 0 bridgehead atoms. The molecule has 1 aliphatic heterocycles. The minimum absolute atomic E-state index is 0.348. The van der Waals surface area contributed by atoms with Crippen molar-refractivity contribution in [2.75, 3.05) is 0 Å². The number of benzene rings is 2. The van der Waals surface area contributed by atoms with Gasteiger partial charge in [-0.1, -0.05) is 54.6 Å². The highest BCUT2D eigenvalue weighted by atomic mass is 16.6. The monoisotopic (exact) mass is 291 g/mol. The fourth-order valence-corrected chi connectivity index (χ4v) is 2.40. The van der Waals surface area contributed by atoms with Gasteiger partial charge in [0.25, 0.3) is 0 Å². The quantitative estimate of drug-likeness (QED) is 0.805. The third-order valence-corrected chi connectivity index (χ3v) is 3.92. The van der Waals surface area contributed by atoms with Gasteiger partial charge in [-0.15, -0.1) is 0 Å². The minimum atomic E-state index is -0.986. The van der Waals surface area contributed by atoms with E-state index >= 15 is 0 Å². The van der Waals surface area contributed by atoms with E-state index in [1.807, 2.05) is 55.5 Å². The molecular formula is C19H17NO2. The van der Waals surface area contributed by atoms with Crippen LogP contribution in [0, 0.1) is 6.92 Å². The van der Waals surface area contributed by atoms with E-state index in [0.717, 1.165) is 22.3 Å². The zero-order valence-corrected chi connectivity index (χ0v) is 12.7. The van der Waals surface area contributed by atoms with Crippen molar-refractivity contribution in [1.29, 1.82) is 0 Å². The largest absolute Gasteiger partial charge is 0.405 e. The Morgan fingerprint density at radius 3 is 2.32 bits per heavy atom. The summed E-state index contributed by atoms with van der Waals surface area (Å²) in [6, 6.07) is 15.4. The Morgan fingerprint density at radius 2 is 1.73 bits per heavy atom. The van der Waals surface area contributed by atoms with E-state index in [1.165, 1.54) is 0 Å². The van der Waals surface area contributed by atoms with Crippen LogP contribution in [0.1, 0.15) is 29.2 Å². The van der Waals surface area contributed by atoms with Gasteiger partial charge in [0.2, 0.25) is 5.90 Å². The van der Waals surface area contributed by atoms with Crippen molar-refractivity contribution in [3.63, 3.8) is 0 Å². The van der Waals surface area contributed by atoms with Crippen LogP contribution in [0.4, 0.5) is 0 Å². The first kappa shape index (κ1) is 14.3. The molecule has 1 atom stereocenters. The van der Waals surface area contributed by atoms with Crippen molar-refractivity contribution in [2.24, 2.45) is 4.99 Å². The number of hydrogen-bond acceptors (Lipinski definition) is 3. The highest BCUT2D eigenvalue weighted by Crippen LogP contribution is 2.33. The highest BCUT2D eigenvalue weighted by Gasteiger charge is 2.43. The van der Waals surface area contributed by atoms with Gasteiger partial charge in [0.15, 0.2) is 5.54 Å². The van der Waals surface area contributed by atoms with Gasteiger partial charge in [-0.3, -0.25) is 0 Å². The second-order valence-electron chi connectivity index (χ2n) is 5.57. The van der Waals surface area contributed by atoms with Gasteiger partial charge in [0.1, 0.15) is 0 Å². The van der Waals surface area contributed by atoms with Crippen molar-refractivity contribution in [2.45, 2.75) is 19.4 Å². The second-order valence-corrected chi connectivity index (χ2v) is 5.57. The van der Waals surface area contributed by atoms with Crippen molar-refractivity contribution < 1.29 is 9.53 Å². The predicted octanol–water partition coefficient (Wildman–Crippen LogP) is 3.86. The number of aryl methyl sites for hydroxylation is 1. The number of carbonyl (C=O) groups is 1. The lowest BCUT2D eigenvalue weighted by Crippen LogP contribution is -2.27. The summed E-state index contributed by atoms with van der Waals surface area (Å²) in [6.07, 6.45) is 1.77. The molecular weight excluding hydrogens is 274 g/mol. The molecule has 0 aromatic heterocycles. The molecule has 1 unspecified atom stereocenters. The molecule has 1 heterocycles. The first-order chi connectivity index (χ1) is 10.5. The maximum atomic E-state index is 12.3. The van der Waals surface area contributed by atoms with E-state index < -0.39 is 5.54 Å². The summed E-state index contributed by atoms with van der Waals surface area (Å²) in [4.78, 5) is 16.9. The zero-order chi connectivity index (χ0) is 15.7. The Hall–Kier alpha value is -2.68. The summed E-state index contributed by atoms with van der Waals surface area (Å²) in [7, 11) is 0. The van der Waals surface area contributed by atoms with Gasteiger partial charge in [0.05, 0.1) is 0 Å². The molecule has 2 aromatic rings. The van der Waals surface area contributed by atoms with Gasteiger partial charge in [0, 0.05) is 5.56 Å². The normalized spacial score (nSPS) is 20.5. The Kier molecular flexibility index (Phi) is 3.41. The number of hydrogen-bond donors (Lipinski definition) is 0. The molecule has 1 aliphatic rings. The average molecular weight is 291 g/mol. The number of ether oxygens (including phenoxy) is 1. The van der Waals surface area contributed by atoms with Crippen LogP contribution in [-0.2, 0) is 15.1 Å². The van der Waals surface area contributed by atoms with Gasteiger partial charge >= 0.3 is 5.97 Å². The SMILES string of the molecule is C=Cc1ccc(C2=NC(C)(c3ccc(C)cc3)C(=O)O2)cc1. The smallest absolute Gasteiger partial charge is 0.345 e. The maximum absolute atomic E-state index is 12.3. The van der Waals surface area contributed by atoms with Crippen LogP contribution in [-0.4, -0.2) is 11.9 Å². The number of rotatable bonds is 3. The van der Waals surface area contributed by atoms with E-state index in [-0.39, 0.29) is 5.97 Å². The van der Waals surface area contributed by atoms with Crippen LogP contribution in [0.15, 0.2) is 60.1 Å². The second kappa shape index (κ2) is 5.26. The molecule has 0 aliphatic carbocycles. The van der Waals surface area contributed by atoms with Gasteiger partial charge < -0.3 is 4.74 Å². The van der Waals surface area contributed by atoms with Crippen LogP contribution in [0.2, 0.25) is 0 Å². The van der Waals surface area contributed by atoms with Gasteiger partial charge in [-0.25, -0.2) is 9.79 Å². The lowest BCUT2D eigenvalue weighted by Gasteiger charge is -2.16. The Labute approximate surface area is 130 Å². The van der Waals surface area contributed by atoms with Gasteiger partial charge in [-0.05, 0) is 37.1 Å². The van der Waals surface area contributed by atoms with Crippen LogP contribution in [0.5, 0.6) is 0 Å². The maximum Gasteiger partial charge on any atom is 0.345 e. The predicted molar refractivity (Wildman–Crippen MR) is 87.7 cm³/mol. The van der Waals surface area contributed by atoms with Crippen molar-refractivity contribution in [1.82, 2.24) is 0 Å². The molecule has 22 heavy (non-hydrogen) atoms. The third-order valence-electron chi connectivity index (χ3n) is 3.92. The lowest BCUT2D eigenvalue weighted by molar-refractivity contribution is -0.138. The van der Waals surface area contributed by atoms with E-state index in [4.69, 9.17) is 4.74 Å². The number of nitrogens with zero attached hydrogens (tertiary/aromatic N) is 1. The van der Waals surface area contributed by atoms with Crippen LogP contribution >= 0.6 is 0 Å². The van der Waals surface area contributed by atoms with Crippen molar-refractivity contribution in [3.05, 3.63) is 77.4 Å². The fourth-order valence-electron chi connectivity index (χ4n) is 2.40. The first-order valence-corrected chi connectivity index (χ1v) is 7.15. The van der Waals surface area contributed by atoms with E-state index in [2.05, 4.69) is 11.6 Å². The number of carbonyl (C=O) groups excluding carboxylic acids is 1. The fraction of sp³-hybridized carbons (Fsp3) is 0.158. The summed E-state index contributed by atoms with van der Waals surface area (Å²) >= 11 is 0. The molecule has 0 amide bonds. The Morgan fingerprint density at radius 1 is 1.09 bits per heavy atom. The first-order valence-electron chi connectivity index (χ1n) is 7.15. The van der Waals surface area contributed by atoms with Gasteiger partial charge in [-0.2, -0.15) is 0 Å². The Balaban J connectivity index is 1.99. The summed E-state index contributed by atoms with van der Waals surface area (Å²) in [5.74, 6) is 0.0165. The zero-order valence-electron chi connectivity index (χ0n) is 12.7. The molecule has 2 aromatic carbocycles. The molecule has 0 radical (unpaired) electrons. The van der Waals surface area contributed by atoms with Crippen LogP contribution in [0.3, 0.4) is 0 Å². The summed E-state index contributed by atoms with van der Waals surface area (Å²) in [6.45, 7) is 7.52. The summed E-state index contributed by atoms with van der Waals surface area (Å²) in [5.41, 5.74) is 2.79. The standard InChI is InChI=1S/C19H17NO2/c1-4-14-7-9-15(10-8-14)17-20-19(3,18(21)22-17)16-11-5-13(2)6-12-16/h4-12H,1H2,2-3H3. The average Bonchev–Trinajstić information content (AvgIpc) is 2.84. The molecule has 0 saturated heterocycles. The van der Waals surface area contributed by atoms with Crippen LogP contribution < -0.4 is 0 Å². The molecule has 110 valence electrons. The lowest BCUT2D eigenvalue weighted by atomic mass is 9.93. The molecule has 0 fully saturated rings. The minimum Gasteiger partial charge on any atom is -0.405 e. The van der Waals surface area contributed by atoms with E-state index in [1.54, 1.807) is 13.0 Å². The molecule has 0 spiro atoms. The van der Waals surface area contributed by atoms with E-state index in [9.17, 15) is 4.79 Å². The molecule has 3 heteroatoms. The summed E-state index contributed by atoms with van der Waals surface area (Å²) in [5, 5.41) is 0. The Bertz CT molecular complexity index is 757.